The molecule has 0 spiro atoms. The fraction of sp³-hybridized carbons (Fsp3) is 0.529. The van der Waals surface area contributed by atoms with E-state index in [0.717, 1.165) is 6.42 Å². The van der Waals surface area contributed by atoms with E-state index in [-0.39, 0.29) is 5.91 Å². The van der Waals surface area contributed by atoms with Crippen molar-refractivity contribution in [3.8, 4) is 0 Å². The molecule has 1 N–H and O–H groups in total. The van der Waals surface area contributed by atoms with Crippen molar-refractivity contribution < 1.29 is 14.7 Å². The van der Waals surface area contributed by atoms with Gasteiger partial charge in [-0.05, 0) is 37.2 Å². The van der Waals surface area contributed by atoms with Gasteiger partial charge < -0.3 is 10.0 Å². The molecule has 4 nitrogen and oxygen atoms in total. The molecule has 1 aromatic carbocycles. The fourth-order valence-corrected chi connectivity index (χ4v) is 3.28. The van der Waals surface area contributed by atoms with E-state index in [9.17, 15) is 14.7 Å². The minimum Gasteiger partial charge on any atom is -0.481 e. The maximum atomic E-state index is 12.3. The van der Waals surface area contributed by atoms with E-state index in [2.05, 4.69) is 12.1 Å². The molecule has 1 heterocycles. The van der Waals surface area contributed by atoms with Crippen LogP contribution >= 0.6 is 0 Å². The number of likely N-dealkylation sites (tertiary alicyclic amines) is 1. The first-order chi connectivity index (χ1) is 9.99. The molecule has 1 amide bonds. The van der Waals surface area contributed by atoms with Crippen molar-refractivity contribution >= 4 is 11.9 Å². The quantitative estimate of drug-likeness (QED) is 0.925. The monoisotopic (exact) mass is 287 g/mol. The molecule has 1 aliphatic heterocycles. The Hall–Kier alpha value is -1.84. The van der Waals surface area contributed by atoms with Crippen LogP contribution in [0.2, 0.25) is 0 Å². The molecule has 3 rings (SSSR count). The van der Waals surface area contributed by atoms with Crippen molar-refractivity contribution in [2.45, 2.75) is 32.1 Å². The van der Waals surface area contributed by atoms with Gasteiger partial charge in [-0.15, -0.1) is 0 Å². The highest BCUT2D eigenvalue weighted by Crippen LogP contribution is 2.49. The van der Waals surface area contributed by atoms with Crippen LogP contribution in [0.4, 0.5) is 0 Å². The molecule has 112 valence electrons. The molecule has 0 radical (unpaired) electrons. The molecule has 1 unspecified atom stereocenters. The third kappa shape index (κ3) is 2.80. The number of carbonyl (C=O) groups is 2. The first kappa shape index (κ1) is 14.1. The number of hydrogen-bond acceptors (Lipinski definition) is 2. The number of rotatable bonds is 4. The first-order valence-electron chi connectivity index (χ1n) is 7.56. The zero-order chi connectivity index (χ0) is 15.0. The Bertz CT molecular complexity index is 556. The molecule has 3 atom stereocenters. The molecule has 2 fully saturated rings. The lowest BCUT2D eigenvalue weighted by Crippen LogP contribution is -2.35. The highest BCUT2D eigenvalue weighted by atomic mass is 16.4. The van der Waals surface area contributed by atoms with E-state index in [4.69, 9.17) is 0 Å². The van der Waals surface area contributed by atoms with Crippen LogP contribution in [0.25, 0.3) is 0 Å². The van der Waals surface area contributed by atoms with Crippen molar-refractivity contribution in [2.75, 3.05) is 13.1 Å². The van der Waals surface area contributed by atoms with Crippen molar-refractivity contribution in [2.24, 2.45) is 11.3 Å². The van der Waals surface area contributed by atoms with Crippen LogP contribution in [-0.2, 0) is 9.59 Å². The summed E-state index contributed by atoms with van der Waals surface area (Å²) in [5.74, 6) is 0.245. The van der Waals surface area contributed by atoms with E-state index >= 15 is 0 Å². The summed E-state index contributed by atoms with van der Waals surface area (Å²) in [6.45, 7) is 2.65. The number of carboxylic acids is 1. The Morgan fingerprint density at radius 1 is 1.33 bits per heavy atom. The Labute approximate surface area is 124 Å². The van der Waals surface area contributed by atoms with Crippen LogP contribution in [0, 0.1) is 11.3 Å². The second-order valence-corrected chi connectivity index (χ2v) is 6.65. The topological polar surface area (TPSA) is 57.6 Å². The summed E-state index contributed by atoms with van der Waals surface area (Å²) in [6, 6.07) is 10.3. The van der Waals surface area contributed by atoms with Crippen LogP contribution in [0.15, 0.2) is 30.3 Å². The molecule has 0 bridgehead atoms. The van der Waals surface area contributed by atoms with E-state index in [1.807, 2.05) is 18.2 Å². The predicted octanol–water partition coefficient (Wildman–Crippen LogP) is 2.50. The molecule has 0 aromatic heterocycles. The first-order valence-corrected chi connectivity index (χ1v) is 7.56. The lowest BCUT2D eigenvalue weighted by atomic mass is 9.90. The van der Waals surface area contributed by atoms with Gasteiger partial charge >= 0.3 is 5.97 Å². The van der Waals surface area contributed by atoms with Crippen LogP contribution in [0.1, 0.15) is 37.7 Å². The van der Waals surface area contributed by atoms with Crippen molar-refractivity contribution in [3.63, 3.8) is 0 Å². The Balaban J connectivity index is 1.54. The molecule has 1 saturated carbocycles. The summed E-state index contributed by atoms with van der Waals surface area (Å²) in [7, 11) is 0. The molecule has 1 aromatic rings. The summed E-state index contributed by atoms with van der Waals surface area (Å²) in [4.78, 5) is 25.3. The van der Waals surface area contributed by atoms with Gasteiger partial charge in [0.15, 0.2) is 0 Å². The molecular formula is C17H21NO3. The van der Waals surface area contributed by atoms with Crippen LogP contribution in [0.3, 0.4) is 0 Å². The number of hydrogen-bond donors (Lipinski definition) is 1. The van der Waals surface area contributed by atoms with E-state index in [0.29, 0.717) is 37.8 Å². The standard InChI is InChI=1S/C17H21NO3/c1-17(16(20)21)7-8-18(11-17)15(19)10-13-9-14(13)12-5-3-2-4-6-12/h2-6,13-14H,7-11H2,1H3,(H,20,21)/t13-,14-,17?/m0/s1. The van der Waals surface area contributed by atoms with Crippen molar-refractivity contribution in [1.29, 1.82) is 0 Å². The smallest absolute Gasteiger partial charge is 0.311 e. The van der Waals surface area contributed by atoms with Gasteiger partial charge in [0.2, 0.25) is 5.91 Å². The van der Waals surface area contributed by atoms with E-state index < -0.39 is 11.4 Å². The number of benzene rings is 1. The van der Waals surface area contributed by atoms with Gasteiger partial charge in [-0.3, -0.25) is 9.59 Å². The van der Waals surface area contributed by atoms with Gasteiger partial charge in [0.25, 0.3) is 0 Å². The number of carbonyl (C=O) groups excluding carboxylic acids is 1. The summed E-state index contributed by atoms with van der Waals surface area (Å²) in [5.41, 5.74) is 0.546. The average Bonchev–Trinajstić information content (AvgIpc) is 3.11. The lowest BCUT2D eigenvalue weighted by Gasteiger charge is -2.20. The Morgan fingerprint density at radius 2 is 2.05 bits per heavy atom. The second-order valence-electron chi connectivity index (χ2n) is 6.65. The number of amides is 1. The van der Waals surface area contributed by atoms with Crippen molar-refractivity contribution in [3.05, 3.63) is 35.9 Å². The summed E-state index contributed by atoms with van der Waals surface area (Å²) < 4.78 is 0. The largest absolute Gasteiger partial charge is 0.481 e. The lowest BCUT2D eigenvalue weighted by molar-refractivity contribution is -0.147. The maximum Gasteiger partial charge on any atom is 0.311 e. The van der Waals surface area contributed by atoms with Gasteiger partial charge in [0.1, 0.15) is 0 Å². The number of nitrogens with zero attached hydrogens (tertiary/aromatic N) is 1. The van der Waals surface area contributed by atoms with Gasteiger partial charge in [0, 0.05) is 19.5 Å². The zero-order valence-corrected chi connectivity index (χ0v) is 12.3. The molecule has 1 aliphatic carbocycles. The van der Waals surface area contributed by atoms with E-state index in [1.165, 1.54) is 5.56 Å². The van der Waals surface area contributed by atoms with Crippen LogP contribution < -0.4 is 0 Å². The average molecular weight is 287 g/mol. The highest BCUT2D eigenvalue weighted by molar-refractivity contribution is 5.80. The fourth-order valence-electron chi connectivity index (χ4n) is 3.28. The second kappa shape index (κ2) is 5.17. The van der Waals surface area contributed by atoms with Gasteiger partial charge in [-0.2, -0.15) is 0 Å². The Morgan fingerprint density at radius 3 is 2.67 bits per heavy atom. The van der Waals surface area contributed by atoms with Crippen LogP contribution in [0.5, 0.6) is 0 Å². The minimum absolute atomic E-state index is 0.114. The predicted molar refractivity (Wildman–Crippen MR) is 78.8 cm³/mol. The normalized spacial score (nSPS) is 31.2. The highest BCUT2D eigenvalue weighted by Gasteiger charge is 2.45. The van der Waals surface area contributed by atoms with Crippen LogP contribution in [-0.4, -0.2) is 35.0 Å². The zero-order valence-electron chi connectivity index (χ0n) is 12.3. The third-order valence-electron chi connectivity index (χ3n) is 4.93. The van der Waals surface area contributed by atoms with E-state index in [1.54, 1.807) is 11.8 Å². The number of aliphatic carboxylic acids is 1. The molecule has 2 aliphatic rings. The minimum atomic E-state index is -0.800. The van der Waals surface area contributed by atoms with Gasteiger partial charge in [0.05, 0.1) is 5.41 Å². The Kier molecular flexibility index (Phi) is 3.47. The maximum absolute atomic E-state index is 12.3. The SMILES string of the molecule is CC1(C(=O)O)CCN(C(=O)C[C@@H]2C[C@H]2c2ccccc2)C1. The molecule has 21 heavy (non-hydrogen) atoms. The van der Waals surface area contributed by atoms with Gasteiger partial charge in [-0.25, -0.2) is 0 Å². The summed E-state index contributed by atoms with van der Waals surface area (Å²) >= 11 is 0. The molecule has 1 saturated heterocycles. The number of carboxylic acid groups (broad SMARTS) is 1. The van der Waals surface area contributed by atoms with Crippen molar-refractivity contribution in [1.82, 2.24) is 4.90 Å². The third-order valence-corrected chi connectivity index (χ3v) is 4.93. The molecular weight excluding hydrogens is 266 g/mol. The summed E-state index contributed by atoms with van der Waals surface area (Å²) in [5, 5.41) is 9.22. The molecule has 4 heteroatoms. The van der Waals surface area contributed by atoms with Gasteiger partial charge in [-0.1, -0.05) is 30.3 Å². The summed E-state index contributed by atoms with van der Waals surface area (Å²) in [6.07, 6.45) is 2.18.